The molecule has 19 heavy (non-hydrogen) atoms. The van der Waals surface area contributed by atoms with Gasteiger partial charge in [0.25, 0.3) is 0 Å². The topological polar surface area (TPSA) is 49.3 Å². The third-order valence-corrected chi connectivity index (χ3v) is 4.24. The predicted molar refractivity (Wildman–Crippen MR) is 79.2 cm³/mol. The largest absolute Gasteiger partial charge is 0.478 e. The number of benzene rings is 1. The maximum absolute atomic E-state index is 11.2. The van der Waals surface area contributed by atoms with Crippen molar-refractivity contribution < 1.29 is 9.90 Å². The van der Waals surface area contributed by atoms with E-state index in [0.717, 1.165) is 12.0 Å². The molecule has 1 heterocycles. The first-order valence-electron chi connectivity index (χ1n) is 6.26. The molecule has 1 aromatic carbocycles. The lowest BCUT2D eigenvalue weighted by Crippen LogP contribution is -2.07. The Morgan fingerprint density at radius 1 is 1.26 bits per heavy atom. The average molecular weight is 275 g/mol. The van der Waals surface area contributed by atoms with Gasteiger partial charge in [-0.05, 0) is 37.1 Å². The van der Waals surface area contributed by atoms with Crippen LogP contribution in [0.15, 0.2) is 30.3 Å². The van der Waals surface area contributed by atoms with E-state index in [1.54, 1.807) is 23.5 Å². The zero-order valence-corrected chi connectivity index (χ0v) is 11.9. The number of hydrogen-bond donors (Lipinski definition) is 2. The predicted octanol–water partition coefficient (Wildman–Crippen LogP) is 3.93. The fourth-order valence-corrected chi connectivity index (χ4v) is 2.86. The van der Waals surface area contributed by atoms with Crippen LogP contribution in [0.3, 0.4) is 0 Å². The number of carbonyl (C=O) groups is 1. The van der Waals surface area contributed by atoms with Crippen LogP contribution in [0.25, 0.3) is 0 Å². The number of thiophene rings is 1. The van der Waals surface area contributed by atoms with E-state index in [2.05, 4.69) is 24.4 Å². The molecule has 2 aromatic rings. The lowest BCUT2D eigenvalue weighted by Gasteiger charge is -2.11. The van der Waals surface area contributed by atoms with E-state index in [1.165, 1.54) is 9.75 Å². The third kappa shape index (κ3) is 3.15. The summed E-state index contributed by atoms with van der Waals surface area (Å²) in [4.78, 5) is 13.8. The van der Waals surface area contributed by atoms with E-state index in [4.69, 9.17) is 0 Å². The van der Waals surface area contributed by atoms with Crippen LogP contribution in [0.1, 0.15) is 32.6 Å². The van der Waals surface area contributed by atoms with Crippen LogP contribution >= 0.6 is 11.3 Å². The molecule has 0 bridgehead atoms. The van der Waals surface area contributed by atoms with E-state index in [-0.39, 0.29) is 0 Å². The molecule has 2 N–H and O–H groups in total. The number of rotatable bonds is 5. The summed E-state index contributed by atoms with van der Waals surface area (Å²) < 4.78 is 0. The molecule has 0 radical (unpaired) electrons. The van der Waals surface area contributed by atoms with Gasteiger partial charge in [0, 0.05) is 16.3 Å². The highest BCUT2D eigenvalue weighted by Gasteiger charge is 2.11. The quantitative estimate of drug-likeness (QED) is 0.869. The Balaban J connectivity index is 2.17. The molecule has 0 aliphatic carbocycles. The Hall–Kier alpha value is -1.81. The van der Waals surface area contributed by atoms with Crippen LogP contribution in [0, 0.1) is 6.92 Å². The maximum Gasteiger partial charge on any atom is 0.337 e. The van der Waals surface area contributed by atoms with Gasteiger partial charge in [-0.15, -0.1) is 11.3 Å². The molecule has 100 valence electrons. The van der Waals surface area contributed by atoms with E-state index in [0.29, 0.717) is 17.8 Å². The van der Waals surface area contributed by atoms with Crippen molar-refractivity contribution >= 4 is 23.0 Å². The summed E-state index contributed by atoms with van der Waals surface area (Å²) in [5.74, 6) is -0.897. The van der Waals surface area contributed by atoms with Crippen molar-refractivity contribution in [3.8, 4) is 0 Å². The highest BCUT2D eigenvalue weighted by Crippen LogP contribution is 2.23. The Morgan fingerprint density at radius 2 is 2.00 bits per heavy atom. The molecule has 0 aliphatic rings. The van der Waals surface area contributed by atoms with Crippen molar-refractivity contribution in [2.24, 2.45) is 0 Å². The fourth-order valence-electron chi connectivity index (χ4n) is 1.96. The standard InChI is InChI=1S/C15H17NO2S/c1-3-11-7-8-12(19-11)9-16-14-10(2)5-4-6-13(14)15(17)18/h4-8,16H,3,9H2,1-2H3,(H,17,18). The number of aryl methyl sites for hydroxylation is 2. The molecule has 1 aromatic heterocycles. The monoisotopic (exact) mass is 275 g/mol. The number of para-hydroxylation sites is 1. The van der Waals surface area contributed by atoms with Crippen LogP contribution in [0.5, 0.6) is 0 Å². The van der Waals surface area contributed by atoms with Gasteiger partial charge in [0.1, 0.15) is 0 Å². The Kier molecular flexibility index (Phi) is 4.22. The minimum atomic E-state index is -0.897. The maximum atomic E-state index is 11.2. The molecule has 0 atom stereocenters. The first-order valence-corrected chi connectivity index (χ1v) is 7.07. The number of hydrogen-bond acceptors (Lipinski definition) is 3. The SMILES string of the molecule is CCc1ccc(CNc2c(C)cccc2C(=O)O)s1. The van der Waals surface area contributed by atoms with Crippen molar-refractivity contribution in [2.75, 3.05) is 5.32 Å². The molecule has 0 unspecified atom stereocenters. The fraction of sp³-hybridized carbons (Fsp3) is 0.267. The van der Waals surface area contributed by atoms with Gasteiger partial charge in [0.15, 0.2) is 0 Å². The average Bonchev–Trinajstić information content (AvgIpc) is 2.85. The van der Waals surface area contributed by atoms with Crippen molar-refractivity contribution in [1.29, 1.82) is 0 Å². The minimum Gasteiger partial charge on any atom is -0.478 e. The normalized spacial score (nSPS) is 10.4. The molecule has 0 saturated heterocycles. The first kappa shape index (κ1) is 13.6. The van der Waals surface area contributed by atoms with Gasteiger partial charge in [-0.1, -0.05) is 19.1 Å². The van der Waals surface area contributed by atoms with Gasteiger partial charge in [-0.3, -0.25) is 0 Å². The minimum absolute atomic E-state index is 0.326. The Labute approximate surface area is 116 Å². The number of carboxylic acid groups (broad SMARTS) is 1. The van der Waals surface area contributed by atoms with Crippen LogP contribution in [-0.4, -0.2) is 11.1 Å². The molecule has 0 amide bonds. The second-order valence-corrected chi connectivity index (χ2v) is 5.63. The summed E-state index contributed by atoms with van der Waals surface area (Å²) in [6, 6.07) is 9.53. The number of anilines is 1. The van der Waals surface area contributed by atoms with Crippen LogP contribution in [0.2, 0.25) is 0 Å². The van der Waals surface area contributed by atoms with Gasteiger partial charge in [-0.25, -0.2) is 4.79 Å². The van der Waals surface area contributed by atoms with E-state index in [1.807, 2.05) is 13.0 Å². The highest BCUT2D eigenvalue weighted by molar-refractivity contribution is 7.12. The number of carboxylic acids is 1. The Morgan fingerprint density at radius 3 is 2.63 bits per heavy atom. The lowest BCUT2D eigenvalue weighted by atomic mass is 10.1. The van der Waals surface area contributed by atoms with Crippen molar-refractivity contribution in [3.05, 3.63) is 51.2 Å². The van der Waals surface area contributed by atoms with E-state index >= 15 is 0 Å². The van der Waals surface area contributed by atoms with Gasteiger partial charge in [0.05, 0.1) is 11.3 Å². The van der Waals surface area contributed by atoms with Crippen molar-refractivity contribution in [1.82, 2.24) is 0 Å². The third-order valence-electron chi connectivity index (χ3n) is 3.01. The van der Waals surface area contributed by atoms with E-state index in [9.17, 15) is 9.90 Å². The van der Waals surface area contributed by atoms with Crippen molar-refractivity contribution in [2.45, 2.75) is 26.8 Å². The Bertz CT molecular complexity index is 590. The molecule has 0 fully saturated rings. The van der Waals surface area contributed by atoms with Gasteiger partial charge in [-0.2, -0.15) is 0 Å². The second kappa shape index (κ2) is 5.89. The summed E-state index contributed by atoms with van der Waals surface area (Å²) in [5.41, 5.74) is 1.99. The molecule has 3 nitrogen and oxygen atoms in total. The van der Waals surface area contributed by atoms with Gasteiger partial charge >= 0.3 is 5.97 Å². The lowest BCUT2D eigenvalue weighted by molar-refractivity contribution is 0.0698. The smallest absolute Gasteiger partial charge is 0.337 e. The zero-order chi connectivity index (χ0) is 13.8. The van der Waals surface area contributed by atoms with Gasteiger partial charge < -0.3 is 10.4 Å². The molecule has 0 spiro atoms. The van der Waals surface area contributed by atoms with Gasteiger partial charge in [0.2, 0.25) is 0 Å². The molecular formula is C15H17NO2S. The zero-order valence-electron chi connectivity index (χ0n) is 11.1. The summed E-state index contributed by atoms with van der Waals surface area (Å²) in [5, 5.41) is 12.4. The summed E-state index contributed by atoms with van der Waals surface area (Å²) >= 11 is 1.76. The summed E-state index contributed by atoms with van der Waals surface area (Å²) in [7, 11) is 0. The van der Waals surface area contributed by atoms with Crippen LogP contribution in [-0.2, 0) is 13.0 Å². The molecule has 0 saturated carbocycles. The van der Waals surface area contributed by atoms with Crippen molar-refractivity contribution in [3.63, 3.8) is 0 Å². The van der Waals surface area contributed by atoms with Crippen LogP contribution < -0.4 is 5.32 Å². The molecule has 0 aliphatic heterocycles. The molecular weight excluding hydrogens is 258 g/mol. The highest BCUT2D eigenvalue weighted by atomic mass is 32.1. The summed E-state index contributed by atoms with van der Waals surface area (Å²) in [6.45, 7) is 4.71. The van der Waals surface area contributed by atoms with Crippen LogP contribution in [0.4, 0.5) is 5.69 Å². The second-order valence-electron chi connectivity index (χ2n) is 4.38. The molecule has 4 heteroatoms. The number of aromatic carboxylic acids is 1. The number of nitrogens with one attached hydrogen (secondary N) is 1. The first-order chi connectivity index (χ1) is 9.11. The summed E-state index contributed by atoms with van der Waals surface area (Å²) in [6.07, 6.45) is 1.04. The molecule has 2 rings (SSSR count). The van der Waals surface area contributed by atoms with E-state index < -0.39 is 5.97 Å².